The van der Waals surface area contributed by atoms with Gasteiger partial charge in [-0.3, -0.25) is 0 Å². The van der Waals surface area contributed by atoms with Crippen LogP contribution in [0.2, 0.25) is 0 Å². The predicted octanol–water partition coefficient (Wildman–Crippen LogP) is 3.22. The minimum atomic E-state index is 0.0107. The third-order valence-electron chi connectivity index (χ3n) is 2.47. The van der Waals surface area contributed by atoms with Gasteiger partial charge >= 0.3 is 0 Å². The fourth-order valence-corrected chi connectivity index (χ4v) is 1.30. The van der Waals surface area contributed by atoms with Crippen LogP contribution in [0.25, 0.3) is 0 Å². The zero-order chi connectivity index (χ0) is 11.9. The maximum absolute atomic E-state index is 5.88. The maximum atomic E-state index is 5.88. The molecule has 1 N–H and O–H groups in total. The molecular formula is C13H29NO. The van der Waals surface area contributed by atoms with Crippen LogP contribution in [0.15, 0.2) is 0 Å². The van der Waals surface area contributed by atoms with Crippen molar-refractivity contribution in [3.05, 3.63) is 0 Å². The highest BCUT2D eigenvalue weighted by Crippen LogP contribution is 2.15. The lowest BCUT2D eigenvalue weighted by atomic mass is 10.0. The number of ether oxygens (including phenoxy) is 1. The van der Waals surface area contributed by atoms with Crippen LogP contribution in [0.3, 0.4) is 0 Å². The molecule has 0 saturated heterocycles. The molecule has 92 valence electrons. The third-order valence-corrected chi connectivity index (χ3v) is 2.47. The van der Waals surface area contributed by atoms with Gasteiger partial charge in [0.15, 0.2) is 0 Å². The van der Waals surface area contributed by atoms with Crippen LogP contribution < -0.4 is 5.32 Å². The van der Waals surface area contributed by atoms with Crippen LogP contribution in [-0.4, -0.2) is 24.8 Å². The van der Waals surface area contributed by atoms with Crippen LogP contribution in [0.5, 0.6) is 0 Å². The third kappa shape index (κ3) is 10.2. The summed E-state index contributed by atoms with van der Waals surface area (Å²) in [6, 6.07) is 0.566. The molecule has 0 bridgehead atoms. The van der Waals surface area contributed by atoms with E-state index in [0.717, 1.165) is 31.9 Å². The van der Waals surface area contributed by atoms with E-state index in [4.69, 9.17) is 4.74 Å². The first-order valence-electron chi connectivity index (χ1n) is 6.21. The smallest absolute Gasteiger partial charge is 0.0638 e. The van der Waals surface area contributed by atoms with Gasteiger partial charge in [-0.25, -0.2) is 0 Å². The number of hydrogen-bond acceptors (Lipinski definition) is 2. The van der Waals surface area contributed by atoms with Gasteiger partial charge in [-0.2, -0.15) is 0 Å². The summed E-state index contributed by atoms with van der Waals surface area (Å²) in [5.74, 6) is 0.731. The van der Waals surface area contributed by atoms with E-state index >= 15 is 0 Å². The standard InChI is InChI=1S/C13H29NO/c1-11(2)7-10-15-13(5,6)8-9-14-12(3)4/h11-12,14H,7-10H2,1-6H3. The summed E-state index contributed by atoms with van der Waals surface area (Å²) in [7, 11) is 0. The van der Waals surface area contributed by atoms with E-state index in [1.807, 2.05) is 0 Å². The fraction of sp³-hybridized carbons (Fsp3) is 1.00. The van der Waals surface area contributed by atoms with Crippen LogP contribution in [-0.2, 0) is 4.74 Å². The Hall–Kier alpha value is -0.0800. The SMILES string of the molecule is CC(C)CCOC(C)(C)CCNC(C)C. The van der Waals surface area contributed by atoms with Gasteiger partial charge in [0.2, 0.25) is 0 Å². The van der Waals surface area contributed by atoms with E-state index < -0.39 is 0 Å². The van der Waals surface area contributed by atoms with E-state index in [-0.39, 0.29) is 5.60 Å². The van der Waals surface area contributed by atoms with Crippen LogP contribution in [0, 0.1) is 5.92 Å². The van der Waals surface area contributed by atoms with Gasteiger partial charge in [0, 0.05) is 12.6 Å². The van der Waals surface area contributed by atoms with E-state index in [2.05, 4.69) is 46.9 Å². The molecule has 0 aromatic carbocycles. The first kappa shape index (κ1) is 14.9. The van der Waals surface area contributed by atoms with Crippen molar-refractivity contribution in [2.24, 2.45) is 5.92 Å². The Morgan fingerprint density at radius 3 is 2.20 bits per heavy atom. The first-order valence-corrected chi connectivity index (χ1v) is 6.21. The zero-order valence-electron chi connectivity index (χ0n) is 11.4. The Morgan fingerprint density at radius 1 is 1.13 bits per heavy atom. The normalized spacial score (nSPS) is 12.8. The lowest BCUT2D eigenvalue weighted by molar-refractivity contribution is -0.0274. The van der Waals surface area contributed by atoms with Gasteiger partial charge in [0.05, 0.1) is 5.60 Å². The summed E-state index contributed by atoms with van der Waals surface area (Å²) in [5.41, 5.74) is 0.0107. The molecule has 0 aliphatic carbocycles. The van der Waals surface area contributed by atoms with Crippen molar-refractivity contribution < 1.29 is 4.74 Å². The largest absolute Gasteiger partial charge is 0.376 e. The van der Waals surface area contributed by atoms with Gasteiger partial charge in [-0.05, 0) is 39.2 Å². The number of rotatable bonds is 8. The summed E-state index contributed by atoms with van der Waals surface area (Å²) in [6.45, 7) is 15.1. The van der Waals surface area contributed by atoms with E-state index in [1.165, 1.54) is 0 Å². The molecule has 2 nitrogen and oxygen atoms in total. The van der Waals surface area contributed by atoms with Gasteiger partial charge in [0.25, 0.3) is 0 Å². The second-order valence-electron chi connectivity index (χ2n) is 5.65. The molecule has 0 atom stereocenters. The molecule has 0 amide bonds. The molecule has 0 aliphatic rings. The minimum absolute atomic E-state index is 0.0107. The summed E-state index contributed by atoms with van der Waals surface area (Å²) in [5, 5.41) is 3.42. The minimum Gasteiger partial charge on any atom is -0.376 e. The van der Waals surface area contributed by atoms with Crippen LogP contribution >= 0.6 is 0 Å². The van der Waals surface area contributed by atoms with Crippen molar-refractivity contribution in [3.63, 3.8) is 0 Å². The second kappa shape index (κ2) is 7.24. The molecule has 0 unspecified atom stereocenters. The molecule has 0 rings (SSSR count). The molecule has 2 heteroatoms. The molecule has 0 radical (unpaired) electrons. The molecule has 0 aliphatic heterocycles. The topological polar surface area (TPSA) is 21.3 Å². The molecule has 0 aromatic rings. The summed E-state index contributed by atoms with van der Waals surface area (Å²) < 4.78 is 5.88. The van der Waals surface area contributed by atoms with Crippen molar-refractivity contribution in [2.75, 3.05) is 13.2 Å². The molecule has 15 heavy (non-hydrogen) atoms. The van der Waals surface area contributed by atoms with E-state index in [9.17, 15) is 0 Å². The Kier molecular flexibility index (Phi) is 7.20. The van der Waals surface area contributed by atoms with Crippen molar-refractivity contribution in [1.82, 2.24) is 5.32 Å². The van der Waals surface area contributed by atoms with Crippen LogP contribution in [0.1, 0.15) is 54.4 Å². The Balaban J connectivity index is 3.57. The average molecular weight is 215 g/mol. The zero-order valence-corrected chi connectivity index (χ0v) is 11.4. The highest BCUT2D eigenvalue weighted by molar-refractivity contribution is 4.70. The lowest BCUT2D eigenvalue weighted by Crippen LogP contribution is -2.33. The Labute approximate surface area is 95.8 Å². The van der Waals surface area contributed by atoms with Crippen molar-refractivity contribution in [2.45, 2.75) is 66.0 Å². The van der Waals surface area contributed by atoms with E-state index in [0.29, 0.717) is 6.04 Å². The second-order valence-corrected chi connectivity index (χ2v) is 5.65. The fourth-order valence-electron chi connectivity index (χ4n) is 1.30. The molecule has 0 saturated carbocycles. The summed E-state index contributed by atoms with van der Waals surface area (Å²) in [6.07, 6.45) is 2.23. The predicted molar refractivity (Wildman–Crippen MR) is 67.2 cm³/mol. The lowest BCUT2D eigenvalue weighted by Gasteiger charge is -2.26. The Bertz CT molecular complexity index is 137. The number of hydrogen-bond donors (Lipinski definition) is 1. The monoisotopic (exact) mass is 215 g/mol. The van der Waals surface area contributed by atoms with Gasteiger partial charge in [-0.1, -0.05) is 27.7 Å². The quantitative estimate of drug-likeness (QED) is 0.671. The summed E-state index contributed by atoms with van der Waals surface area (Å²) in [4.78, 5) is 0. The maximum Gasteiger partial charge on any atom is 0.0638 e. The van der Waals surface area contributed by atoms with Gasteiger partial charge in [0.1, 0.15) is 0 Å². The van der Waals surface area contributed by atoms with Crippen molar-refractivity contribution >= 4 is 0 Å². The van der Waals surface area contributed by atoms with Gasteiger partial charge < -0.3 is 10.1 Å². The number of nitrogens with one attached hydrogen (secondary N) is 1. The highest BCUT2D eigenvalue weighted by Gasteiger charge is 2.17. The first-order chi connectivity index (χ1) is 6.83. The molecular weight excluding hydrogens is 186 g/mol. The molecule has 0 aromatic heterocycles. The van der Waals surface area contributed by atoms with Gasteiger partial charge in [-0.15, -0.1) is 0 Å². The molecule has 0 spiro atoms. The van der Waals surface area contributed by atoms with Crippen LogP contribution in [0.4, 0.5) is 0 Å². The van der Waals surface area contributed by atoms with Crippen molar-refractivity contribution in [1.29, 1.82) is 0 Å². The Morgan fingerprint density at radius 2 is 1.73 bits per heavy atom. The molecule has 0 fully saturated rings. The highest BCUT2D eigenvalue weighted by atomic mass is 16.5. The average Bonchev–Trinajstić information content (AvgIpc) is 2.01. The summed E-state index contributed by atoms with van der Waals surface area (Å²) >= 11 is 0. The van der Waals surface area contributed by atoms with Crippen molar-refractivity contribution in [3.8, 4) is 0 Å². The van der Waals surface area contributed by atoms with E-state index in [1.54, 1.807) is 0 Å². The molecule has 0 heterocycles.